The third-order valence-electron chi connectivity index (χ3n) is 3.30. The number of rotatable bonds is 5. The molecule has 0 spiro atoms. The summed E-state index contributed by atoms with van der Waals surface area (Å²) in [6.45, 7) is 6.15. The number of hydrogen-bond acceptors (Lipinski definition) is 5. The Bertz CT molecular complexity index is 752. The van der Waals surface area contributed by atoms with Crippen molar-refractivity contribution in [1.29, 1.82) is 0 Å². The van der Waals surface area contributed by atoms with Crippen molar-refractivity contribution in [3.05, 3.63) is 39.9 Å². The van der Waals surface area contributed by atoms with Crippen molar-refractivity contribution in [2.45, 2.75) is 38.6 Å². The summed E-state index contributed by atoms with van der Waals surface area (Å²) in [5, 5.41) is 0.402. The topological polar surface area (TPSA) is 85.1 Å². The summed E-state index contributed by atoms with van der Waals surface area (Å²) in [5.41, 5.74) is 8.35. The molecule has 5 nitrogen and oxygen atoms in total. The number of nitrogens with zero attached hydrogens (tertiary/aromatic N) is 1. The van der Waals surface area contributed by atoms with Crippen molar-refractivity contribution in [2.75, 3.05) is 4.72 Å². The lowest BCUT2D eigenvalue weighted by molar-refractivity contribution is 0.601. The number of benzene rings is 1. The van der Waals surface area contributed by atoms with E-state index in [9.17, 15) is 8.42 Å². The van der Waals surface area contributed by atoms with Gasteiger partial charge in [0.25, 0.3) is 10.0 Å². The van der Waals surface area contributed by atoms with Crippen molar-refractivity contribution < 1.29 is 8.42 Å². The third-order valence-corrected chi connectivity index (χ3v) is 5.69. The average Bonchev–Trinajstić information content (AvgIpc) is 2.78. The van der Waals surface area contributed by atoms with Crippen LogP contribution in [0.2, 0.25) is 0 Å². The van der Waals surface area contributed by atoms with Gasteiger partial charge in [0.2, 0.25) is 0 Å². The minimum absolute atomic E-state index is 0.208. The number of hydrogen-bond donors (Lipinski definition) is 2. The molecule has 1 heterocycles. The van der Waals surface area contributed by atoms with Gasteiger partial charge in [0.15, 0.2) is 5.13 Å². The second-order valence-corrected chi connectivity index (χ2v) is 7.66. The highest BCUT2D eigenvalue weighted by molar-refractivity contribution is 7.93. The molecule has 21 heavy (non-hydrogen) atoms. The van der Waals surface area contributed by atoms with Gasteiger partial charge < -0.3 is 5.73 Å². The third kappa shape index (κ3) is 3.42. The zero-order chi connectivity index (χ0) is 15.6. The van der Waals surface area contributed by atoms with Gasteiger partial charge in [0.1, 0.15) is 0 Å². The van der Waals surface area contributed by atoms with Gasteiger partial charge in [0, 0.05) is 11.4 Å². The SMILES string of the molecule is CCc1nc(NS(=O)(=O)c2ccc(C)c(CN)c2)sc1C. The van der Waals surface area contributed by atoms with Crippen LogP contribution in [0.1, 0.15) is 28.6 Å². The zero-order valence-electron chi connectivity index (χ0n) is 12.3. The van der Waals surface area contributed by atoms with Gasteiger partial charge >= 0.3 is 0 Å². The highest BCUT2D eigenvalue weighted by Crippen LogP contribution is 2.25. The molecule has 2 rings (SSSR count). The molecule has 0 amide bonds. The Morgan fingerprint density at radius 3 is 2.62 bits per heavy atom. The maximum atomic E-state index is 12.4. The summed E-state index contributed by atoms with van der Waals surface area (Å²) < 4.78 is 27.3. The molecule has 0 aliphatic rings. The Morgan fingerprint density at radius 1 is 1.33 bits per heavy atom. The first-order valence-electron chi connectivity index (χ1n) is 6.66. The molecule has 1 aromatic heterocycles. The molecule has 0 fully saturated rings. The number of nitrogens with one attached hydrogen (secondary N) is 1. The molecule has 0 bridgehead atoms. The van der Waals surface area contributed by atoms with Crippen LogP contribution in [-0.4, -0.2) is 13.4 Å². The van der Waals surface area contributed by atoms with Gasteiger partial charge in [-0.1, -0.05) is 13.0 Å². The summed E-state index contributed by atoms with van der Waals surface area (Å²) in [5.74, 6) is 0. The van der Waals surface area contributed by atoms with Crippen LogP contribution in [0, 0.1) is 13.8 Å². The number of aromatic nitrogens is 1. The minimum atomic E-state index is -3.63. The van der Waals surface area contributed by atoms with Crippen LogP contribution >= 0.6 is 11.3 Å². The van der Waals surface area contributed by atoms with Crippen LogP contribution in [0.4, 0.5) is 5.13 Å². The van der Waals surface area contributed by atoms with E-state index in [-0.39, 0.29) is 4.90 Å². The lowest BCUT2D eigenvalue weighted by atomic mass is 10.1. The first-order chi connectivity index (χ1) is 9.87. The van der Waals surface area contributed by atoms with Crippen LogP contribution in [0.15, 0.2) is 23.1 Å². The van der Waals surface area contributed by atoms with Crippen LogP contribution < -0.4 is 10.5 Å². The van der Waals surface area contributed by atoms with Crippen molar-refractivity contribution in [1.82, 2.24) is 4.98 Å². The Kier molecular flexibility index (Phi) is 4.65. The number of aryl methyl sites for hydroxylation is 3. The molecule has 1 aromatic carbocycles. The lowest BCUT2D eigenvalue weighted by Crippen LogP contribution is -2.14. The molecular weight excluding hydrogens is 306 g/mol. The highest BCUT2D eigenvalue weighted by atomic mass is 32.2. The molecule has 2 aromatic rings. The van der Waals surface area contributed by atoms with E-state index >= 15 is 0 Å². The van der Waals surface area contributed by atoms with Crippen LogP contribution in [0.3, 0.4) is 0 Å². The summed E-state index contributed by atoms with van der Waals surface area (Å²) in [7, 11) is -3.63. The Labute approximate surface area is 129 Å². The maximum Gasteiger partial charge on any atom is 0.263 e. The van der Waals surface area contributed by atoms with E-state index in [2.05, 4.69) is 9.71 Å². The quantitative estimate of drug-likeness (QED) is 0.885. The van der Waals surface area contributed by atoms with E-state index in [1.807, 2.05) is 20.8 Å². The molecule has 0 aliphatic carbocycles. The molecule has 0 unspecified atom stereocenters. The van der Waals surface area contributed by atoms with E-state index in [0.29, 0.717) is 11.7 Å². The summed E-state index contributed by atoms with van der Waals surface area (Å²) in [6.07, 6.45) is 0.784. The maximum absolute atomic E-state index is 12.4. The summed E-state index contributed by atoms with van der Waals surface area (Å²) >= 11 is 1.35. The normalized spacial score (nSPS) is 11.6. The smallest absolute Gasteiger partial charge is 0.263 e. The van der Waals surface area contributed by atoms with E-state index < -0.39 is 10.0 Å². The van der Waals surface area contributed by atoms with Crippen LogP contribution in [-0.2, 0) is 23.0 Å². The largest absolute Gasteiger partial charge is 0.326 e. The van der Waals surface area contributed by atoms with Gasteiger partial charge in [-0.2, -0.15) is 0 Å². The second-order valence-electron chi connectivity index (χ2n) is 4.77. The van der Waals surface area contributed by atoms with Crippen LogP contribution in [0.25, 0.3) is 0 Å². The fraction of sp³-hybridized carbons (Fsp3) is 0.357. The number of thiazole rings is 1. The minimum Gasteiger partial charge on any atom is -0.326 e. The van der Waals surface area contributed by atoms with E-state index in [4.69, 9.17) is 5.73 Å². The van der Waals surface area contributed by atoms with E-state index in [1.165, 1.54) is 11.3 Å². The van der Waals surface area contributed by atoms with Gasteiger partial charge in [-0.15, -0.1) is 11.3 Å². The van der Waals surface area contributed by atoms with Crippen molar-refractivity contribution >= 4 is 26.5 Å². The molecule has 0 aliphatic heterocycles. The van der Waals surface area contributed by atoms with E-state index in [0.717, 1.165) is 28.1 Å². The molecule has 0 atom stereocenters. The first kappa shape index (κ1) is 15.9. The Morgan fingerprint density at radius 2 is 2.05 bits per heavy atom. The zero-order valence-corrected chi connectivity index (χ0v) is 13.9. The monoisotopic (exact) mass is 325 g/mol. The molecular formula is C14H19N3O2S2. The molecule has 7 heteroatoms. The molecule has 0 saturated heterocycles. The second kappa shape index (κ2) is 6.13. The van der Waals surface area contributed by atoms with Crippen molar-refractivity contribution in [3.63, 3.8) is 0 Å². The lowest BCUT2D eigenvalue weighted by Gasteiger charge is -2.08. The predicted octanol–water partition coefficient (Wildman–Crippen LogP) is 2.58. The Hall–Kier alpha value is -1.44. The molecule has 114 valence electrons. The molecule has 0 saturated carbocycles. The van der Waals surface area contributed by atoms with Gasteiger partial charge in [0.05, 0.1) is 10.6 Å². The van der Waals surface area contributed by atoms with Crippen molar-refractivity contribution in [3.8, 4) is 0 Å². The fourth-order valence-electron chi connectivity index (χ4n) is 2.01. The van der Waals surface area contributed by atoms with E-state index in [1.54, 1.807) is 18.2 Å². The molecule has 3 N–H and O–H groups in total. The predicted molar refractivity (Wildman–Crippen MR) is 86.1 cm³/mol. The summed E-state index contributed by atoms with van der Waals surface area (Å²) in [4.78, 5) is 5.54. The van der Waals surface area contributed by atoms with Crippen LogP contribution in [0.5, 0.6) is 0 Å². The number of nitrogens with two attached hydrogens (primary N) is 1. The number of sulfonamides is 1. The fourth-order valence-corrected chi connectivity index (χ4v) is 4.20. The Balaban J connectivity index is 2.33. The van der Waals surface area contributed by atoms with Gasteiger partial charge in [-0.25, -0.2) is 13.4 Å². The van der Waals surface area contributed by atoms with Crippen molar-refractivity contribution in [2.24, 2.45) is 5.73 Å². The first-order valence-corrected chi connectivity index (χ1v) is 8.96. The molecule has 0 radical (unpaired) electrons. The highest BCUT2D eigenvalue weighted by Gasteiger charge is 2.18. The number of anilines is 1. The average molecular weight is 325 g/mol. The van der Waals surface area contributed by atoms with Gasteiger partial charge in [-0.05, 0) is 43.5 Å². The summed E-state index contributed by atoms with van der Waals surface area (Å²) in [6, 6.07) is 4.96. The standard InChI is InChI=1S/C14H19N3O2S2/c1-4-13-10(3)20-14(16-13)17-21(18,19)12-6-5-9(2)11(7-12)8-15/h5-7H,4,8,15H2,1-3H3,(H,16,17). The van der Waals surface area contributed by atoms with Gasteiger partial charge in [-0.3, -0.25) is 4.72 Å².